The van der Waals surface area contributed by atoms with E-state index in [9.17, 15) is 0 Å². The van der Waals surface area contributed by atoms with Gasteiger partial charge in [0.05, 0.1) is 0 Å². The van der Waals surface area contributed by atoms with E-state index in [0.29, 0.717) is 0 Å². The van der Waals surface area contributed by atoms with Crippen LogP contribution in [-0.2, 0) is 31.1 Å². The van der Waals surface area contributed by atoms with Crippen molar-refractivity contribution in [1.82, 2.24) is 0 Å². The Kier molecular flexibility index (Phi) is 10.8. The van der Waals surface area contributed by atoms with Crippen LogP contribution >= 0.6 is 0 Å². The summed E-state index contributed by atoms with van der Waals surface area (Å²) in [7, 11) is 0. The van der Waals surface area contributed by atoms with Gasteiger partial charge in [-0.1, -0.05) is 190 Å². The zero-order valence-corrected chi connectivity index (χ0v) is 42.9. The van der Waals surface area contributed by atoms with Gasteiger partial charge < -0.3 is 9.80 Å². The van der Waals surface area contributed by atoms with Crippen molar-refractivity contribution in [3.63, 3.8) is 0 Å². The summed E-state index contributed by atoms with van der Waals surface area (Å²) >= 11 is 0. The number of fused-ring (bicyclic) bond motifs is 9. The molecule has 0 amide bonds. The Morgan fingerprint density at radius 3 is 1.48 bits per heavy atom. The van der Waals surface area contributed by atoms with Crippen LogP contribution in [0.3, 0.4) is 0 Å². The molecule has 2 aliphatic carbocycles. The van der Waals surface area contributed by atoms with E-state index in [1.54, 1.807) is 0 Å². The monoisotopic (exact) mass is 962 g/mol. The highest BCUT2D eigenvalue weighted by Gasteiger charge is 2.36. The fourth-order valence-electron chi connectivity index (χ4n) is 13.0. The third-order valence-electron chi connectivity index (χ3n) is 16.8. The largest absolute Gasteiger partial charge is 0.310 e. The smallest absolute Gasteiger partial charge is 0.0493 e. The molecule has 0 unspecified atom stereocenters. The van der Waals surface area contributed by atoms with Gasteiger partial charge in [0, 0.05) is 39.5 Å². The fourth-order valence-corrected chi connectivity index (χ4v) is 13.0. The molecular formula is C73H58N2. The van der Waals surface area contributed by atoms with Crippen LogP contribution in [0.2, 0.25) is 0 Å². The highest BCUT2D eigenvalue weighted by Crippen LogP contribution is 2.54. The first-order chi connectivity index (χ1) is 36.9. The molecule has 10 aromatic rings. The van der Waals surface area contributed by atoms with Crippen molar-refractivity contribution in [3.8, 4) is 33.4 Å². The van der Waals surface area contributed by atoms with E-state index in [4.69, 9.17) is 0 Å². The molecule has 0 radical (unpaired) electrons. The quantitative estimate of drug-likeness (QED) is 0.153. The van der Waals surface area contributed by atoms with E-state index < -0.39 is 0 Å². The van der Waals surface area contributed by atoms with Crippen molar-refractivity contribution in [1.29, 1.82) is 0 Å². The molecule has 0 aromatic heterocycles. The molecule has 0 spiro atoms. The molecule has 360 valence electrons. The van der Waals surface area contributed by atoms with Gasteiger partial charge in [-0.05, 0) is 205 Å². The molecule has 0 saturated heterocycles. The maximum atomic E-state index is 2.54. The Hall–Kier alpha value is -8.72. The van der Waals surface area contributed by atoms with Crippen LogP contribution in [0.5, 0.6) is 0 Å². The van der Waals surface area contributed by atoms with Crippen molar-refractivity contribution in [2.24, 2.45) is 0 Å². The number of nitrogens with zero attached hydrogens (tertiary/aromatic N) is 2. The van der Waals surface area contributed by atoms with E-state index in [1.807, 2.05) is 0 Å². The lowest BCUT2D eigenvalue weighted by atomic mass is 9.80. The number of hydrogen-bond donors (Lipinski definition) is 0. The lowest BCUT2D eigenvalue weighted by molar-refractivity contribution is 0.661. The second kappa shape index (κ2) is 18.0. The van der Waals surface area contributed by atoms with Crippen LogP contribution in [-0.4, -0.2) is 0 Å². The van der Waals surface area contributed by atoms with Gasteiger partial charge in [-0.3, -0.25) is 0 Å². The second-order valence-electron chi connectivity index (χ2n) is 21.5. The molecule has 0 bridgehead atoms. The van der Waals surface area contributed by atoms with Crippen LogP contribution in [0.1, 0.15) is 66.1 Å². The van der Waals surface area contributed by atoms with E-state index in [-0.39, 0.29) is 5.41 Å². The molecule has 2 aliphatic heterocycles. The summed E-state index contributed by atoms with van der Waals surface area (Å²) in [4.78, 5) is 5.06. The maximum absolute atomic E-state index is 2.54. The number of hydrogen-bond acceptors (Lipinski definition) is 2. The molecule has 0 N–H and O–H groups in total. The Bertz CT molecular complexity index is 3990. The van der Waals surface area contributed by atoms with Crippen LogP contribution in [0.15, 0.2) is 242 Å². The Morgan fingerprint density at radius 1 is 0.440 bits per heavy atom. The predicted molar refractivity (Wildman–Crippen MR) is 319 cm³/mol. The van der Waals surface area contributed by atoms with Gasteiger partial charge in [0.25, 0.3) is 0 Å². The van der Waals surface area contributed by atoms with Gasteiger partial charge in [0.15, 0.2) is 0 Å². The molecule has 0 fully saturated rings. The summed E-state index contributed by atoms with van der Waals surface area (Å²) < 4.78 is 0. The van der Waals surface area contributed by atoms with Crippen molar-refractivity contribution in [2.45, 2.75) is 58.3 Å². The number of rotatable bonds is 6. The first-order valence-corrected chi connectivity index (χ1v) is 26.9. The highest BCUT2D eigenvalue weighted by atomic mass is 15.2. The Morgan fingerprint density at radius 2 is 0.933 bits per heavy atom. The number of benzene rings is 10. The Balaban J connectivity index is 1.06. The number of anilines is 6. The third-order valence-corrected chi connectivity index (χ3v) is 16.8. The van der Waals surface area contributed by atoms with Crippen LogP contribution in [0, 0.1) is 0 Å². The van der Waals surface area contributed by atoms with E-state index in [0.717, 1.165) is 43.5 Å². The van der Waals surface area contributed by atoms with Gasteiger partial charge in [-0.2, -0.15) is 0 Å². The molecule has 14 rings (SSSR count). The number of aryl methyl sites for hydroxylation is 4. The molecule has 0 atom stereocenters. The minimum absolute atomic E-state index is 0.224. The third kappa shape index (κ3) is 7.53. The zero-order valence-electron chi connectivity index (χ0n) is 42.9. The molecule has 2 heterocycles. The van der Waals surface area contributed by atoms with Gasteiger partial charge in [-0.15, -0.1) is 0 Å². The van der Waals surface area contributed by atoms with Crippen LogP contribution < -0.4 is 9.80 Å². The molecule has 0 saturated carbocycles. The summed E-state index contributed by atoms with van der Waals surface area (Å²) in [6, 6.07) is 76.1. The van der Waals surface area contributed by atoms with Crippen LogP contribution in [0.4, 0.5) is 34.1 Å². The lowest BCUT2D eigenvalue weighted by Crippen LogP contribution is -2.15. The average Bonchev–Trinajstić information content (AvgIpc) is 3.58. The van der Waals surface area contributed by atoms with Crippen molar-refractivity contribution in [2.75, 3.05) is 9.80 Å². The molecule has 2 heteroatoms. The molecular weight excluding hydrogens is 905 g/mol. The van der Waals surface area contributed by atoms with Crippen molar-refractivity contribution < 1.29 is 0 Å². The van der Waals surface area contributed by atoms with E-state index in [1.165, 1.54) is 128 Å². The van der Waals surface area contributed by atoms with Crippen molar-refractivity contribution in [3.05, 3.63) is 281 Å². The standard InChI is InChI=1S/C73H58N2/c1-48(30-31-49-18-6-4-7-19-49)71-61-42-38-58(75-69-28-16-12-24-53(69)34-35-54-25-13-17-29-70(54)75)47-64(61)72(56-37-41-60-59-40-36-55(50-20-8-5-9-21-50)44-65(59)73(2,3)66(60)45-56)62-43-39-57(46-63(62)71)74-67-26-14-10-22-51(67)32-33-52-23-11-15-27-68(52)74/h4-18,20-31,36-47H,19,32-35H2,1-3H3/b48-30+,49-31-. The van der Waals surface area contributed by atoms with Crippen molar-refractivity contribution >= 4 is 61.2 Å². The first-order valence-electron chi connectivity index (χ1n) is 26.9. The Labute approximate surface area is 441 Å². The highest BCUT2D eigenvalue weighted by molar-refractivity contribution is 6.20. The lowest BCUT2D eigenvalue weighted by Gasteiger charge is -2.29. The summed E-state index contributed by atoms with van der Waals surface area (Å²) in [6.45, 7) is 7.17. The van der Waals surface area contributed by atoms with Gasteiger partial charge in [0.2, 0.25) is 0 Å². The first kappa shape index (κ1) is 44.9. The molecule has 4 aliphatic rings. The average molecular weight is 963 g/mol. The van der Waals surface area contributed by atoms with Gasteiger partial charge in [0.1, 0.15) is 0 Å². The van der Waals surface area contributed by atoms with Gasteiger partial charge >= 0.3 is 0 Å². The van der Waals surface area contributed by atoms with E-state index in [2.05, 4.69) is 267 Å². The minimum atomic E-state index is -0.224. The summed E-state index contributed by atoms with van der Waals surface area (Å²) in [6.07, 6.45) is 18.4. The second-order valence-corrected chi connectivity index (χ2v) is 21.5. The minimum Gasteiger partial charge on any atom is -0.310 e. The molecule has 2 nitrogen and oxygen atoms in total. The number of allylic oxidation sites excluding steroid dienone is 8. The number of para-hydroxylation sites is 4. The predicted octanol–water partition coefficient (Wildman–Crippen LogP) is 19.6. The summed E-state index contributed by atoms with van der Waals surface area (Å²) in [5.41, 5.74) is 26.7. The van der Waals surface area contributed by atoms with Crippen LogP contribution in [0.25, 0.3) is 60.5 Å². The normalized spacial score (nSPS) is 15.7. The molecule has 75 heavy (non-hydrogen) atoms. The fraction of sp³-hybridized carbons (Fsp3) is 0.123. The SMILES string of the molecule is C/C(=C\C=C1\C=CC=CC1)c1c2cc(N3c4ccccc4CCc4ccccc43)ccc2c(-c2ccc3c(c2)C(C)(C)c2cc(-c4ccccc4)ccc2-3)c2cc(N3c4ccccc4CCc4ccccc43)ccc12. The van der Waals surface area contributed by atoms with E-state index >= 15 is 0 Å². The van der Waals surface area contributed by atoms with Gasteiger partial charge in [-0.25, -0.2) is 0 Å². The summed E-state index contributed by atoms with van der Waals surface area (Å²) in [5, 5.41) is 4.97. The summed E-state index contributed by atoms with van der Waals surface area (Å²) in [5.74, 6) is 0. The zero-order chi connectivity index (χ0) is 50.2. The maximum Gasteiger partial charge on any atom is 0.0493 e. The molecule has 10 aromatic carbocycles. The topological polar surface area (TPSA) is 6.48 Å².